The van der Waals surface area contributed by atoms with Gasteiger partial charge in [-0.15, -0.1) is 0 Å². The molecule has 0 aliphatic carbocycles. The Morgan fingerprint density at radius 3 is 2.26 bits per heavy atom. The monoisotopic (exact) mass is 494 g/mol. The fraction of sp³-hybridized carbons (Fsp3) is 0.296. The summed E-state index contributed by atoms with van der Waals surface area (Å²) in [6.45, 7) is 7.54. The van der Waals surface area contributed by atoms with E-state index >= 15 is 0 Å². The number of aliphatic carboxylic acids is 1. The van der Waals surface area contributed by atoms with Crippen LogP contribution in [0.3, 0.4) is 0 Å². The first-order valence-corrected chi connectivity index (χ1v) is 11.6. The summed E-state index contributed by atoms with van der Waals surface area (Å²) in [5.74, 6) is -1.09. The van der Waals surface area contributed by atoms with Crippen LogP contribution in [0.15, 0.2) is 44.0 Å². The molecule has 35 heavy (non-hydrogen) atoms. The molecule has 1 N–H and O–H groups in total. The first-order chi connectivity index (χ1) is 16.6. The Labute approximate surface area is 206 Å². The molecule has 0 aliphatic heterocycles. The van der Waals surface area contributed by atoms with Crippen LogP contribution in [0.25, 0.3) is 21.9 Å². The number of carboxylic acid groups (broad SMARTS) is 1. The summed E-state index contributed by atoms with van der Waals surface area (Å²) in [4.78, 5) is 36.9. The van der Waals surface area contributed by atoms with Crippen LogP contribution in [0.5, 0.6) is 0 Å². The minimum Gasteiger partial charge on any atom is -0.548 e. The van der Waals surface area contributed by atoms with Gasteiger partial charge in [0.25, 0.3) is 0 Å². The van der Waals surface area contributed by atoms with Gasteiger partial charge >= 0.3 is 5.63 Å². The predicted octanol–water partition coefficient (Wildman–Crippen LogP) is 3.84. The van der Waals surface area contributed by atoms with Crippen LogP contribution >= 0.6 is 11.6 Å². The van der Waals surface area contributed by atoms with Crippen LogP contribution in [-0.4, -0.2) is 17.9 Å². The lowest BCUT2D eigenvalue weighted by molar-refractivity contribution is -0.308. The molecule has 0 saturated carbocycles. The first-order valence-electron chi connectivity index (χ1n) is 11.3. The van der Waals surface area contributed by atoms with Crippen LogP contribution in [0.1, 0.15) is 40.0 Å². The molecule has 4 aromatic rings. The highest BCUT2D eigenvalue weighted by molar-refractivity contribution is 6.30. The lowest BCUT2D eigenvalue weighted by Gasteiger charge is -2.20. The van der Waals surface area contributed by atoms with E-state index in [0.717, 1.165) is 33.2 Å². The maximum Gasteiger partial charge on any atom is 0.339 e. The summed E-state index contributed by atoms with van der Waals surface area (Å²) >= 11 is 5.87. The number of carboxylic acids is 1. The third kappa shape index (κ3) is 4.82. The van der Waals surface area contributed by atoms with Gasteiger partial charge in [0.1, 0.15) is 16.9 Å². The molecule has 0 fully saturated rings. The molecular weight excluding hydrogens is 470 g/mol. The van der Waals surface area contributed by atoms with E-state index < -0.39 is 23.5 Å². The topological polar surface area (TPSA) is 113 Å². The van der Waals surface area contributed by atoms with Crippen LogP contribution in [0.2, 0.25) is 5.02 Å². The molecular formula is C27H25ClNO6-. The predicted molar refractivity (Wildman–Crippen MR) is 132 cm³/mol. The Hall–Kier alpha value is -3.58. The Kier molecular flexibility index (Phi) is 6.72. The second-order valence-corrected chi connectivity index (χ2v) is 9.24. The zero-order chi connectivity index (χ0) is 25.4. The van der Waals surface area contributed by atoms with Crippen molar-refractivity contribution in [3.8, 4) is 0 Å². The third-order valence-corrected chi connectivity index (χ3v) is 6.77. The number of fused-ring (bicyclic) bond motifs is 2. The van der Waals surface area contributed by atoms with Crippen molar-refractivity contribution in [1.82, 2.24) is 5.32 Å². The van der Waals surface area contributed by atoms with Gasteiger partial charge in [-0.3, -0.25) is 4.79 Å². The van der Waals surface area contributed by atoms with E-state index in [-0.39, 0.29) is 19.3 Å². The van der Waals surface area contributed by atoms with Crippen molar-refractivity contribution < 1.29 is 23.5 Å². The molecule has 4 rings (SSSR count). The number of nitrogens with one attached hydrogen (secondary N) is 1. The van der Waals surface area contributed by atoms with E-state index in [9.17, 15) is 19.5 Å². The van der Waals surface area contributed by atoms with Gasteiger partial charge in [0.2, 0.25) is 5.91 Å². The highest BCUT2D eigenvalue weighted by atomic mass is 35.5. The van der Waals surface area contributed by atoms with Gasteiger partial charge in [0.15, 0.2) is 0 Å². The summed E-state index contributed by atoms with van der Waals surface area (Å²) in [6, 6.07) is 7.42. The molecule has 0 unspecified atom stereocenters. The normalized spacial score (nSPS) is 12.3. The largest absolute Gasteiger partial charge is 0.548 e. The van der Waals surface area contributed by atoms with Gasteiger partial charge in [0, 0.05) is 33.3 Å². The van der Waals surface area contributed by atoms with Gasteiger partial charge < -0.3 is 24.1 Å². The number of rotatable bonds is 7. The number of halogens is 1. The number of furan rings is 1. The molecule has 2 aromatic carbocycles. The van der Waals surface area contributed by atoms with Crippen LogP contribution in [-0.2, 0) is 22.4 Å². The smallest absolute Gasteiger partial charge is 0.339 e. The molecule has 0 radical (unpaired) electrons. The molecule has 182 valence electrons. The van der Waals surface area contributed by atoms with Gasteiger partial charge in [0.05, 0.1) is 12.0 Å². The fourth-order valence-electron chi connectivity index (χ4n) is 4.34. The molecule has 0 saturated heterocycles. The summed E-state index contributed by atoms with van der Waals surface area (Å²) in [5, 5.41) is 16.3. The number of carbonyl (C=O) groups excluding carboxylic acids is 2. The summed E-state index contributed by atoms with van der Waals surface area (Å²) in [6.07, 6.45) is 0.0881. The van der Waals surface area contributed by atoms with Crippen molar-refractivity contribution in [3.63, 3.8) is 0 Å². The number of amides is 1. The minimum atomic E-state index is -1.39. The average Bonchev–Trinajstić information content (AvgIpc) is 3.09. The minimum absolute atomic E-state index is 0.0567. The summed E-state index contributed by atoms with van der Waals surface area (Å²) in [5.41, 5.74) is 4.20. The second kappa shape index (κ2) is 9.58. The highest BCUT2D eigenvalue weighted by Crippen LogP contribution is 2.34. The number of benzene rings is 2. The quantitative estimate of drug-likeness (QED) is 0.391. The first kappa shape index (κ1) is 24.5. The molecule has 8 heteroatoms. The zero-order valence-electron chi connectivity index (χ0n) is 19.9. The van der Waals surface area contributed by atoms with Crippen LogP contribution in [0, 0.1) is 27.7 Å². The fourth-order valence-corrected chi connectivity index (χ4v) is 4.46. The van der Waals surface area contributed by atoms with Crippen molar-refractivity contribution in [2.24, 2.45) is 0 Å². The van der Waals surface area contributed by atoms with Crippen molar-refractivity contribution in [2.75, 3.05) is 0 Å². The average molecular weight is 495 g/mol. The Morgan fingerprint density at radius 1 is 0.971 bits per heavy atom. The zero-order valence-corrected chi connectivity index (χ0v) is 20.7. The van der Waals surface area contributed by atoms with Crippen LogP contribution in [0.4, 0.5) is 0 Å². The van der Waals surface area contributed by atoms with E-state index in [2.05, 4.69) is 5.32 Å². The lowest BCUT2D eigenvalue weighted by Crippen LogP contribution is -2.49. The number of hydrogen-bond donors (Lipinski definition) is 1. The molecule has 7 nitrogen and oxygen atoms in total. The van der Waals surface area contributed by atoms with E-state index in [4.69, 9.17) is 20.4 Å². The van der Waals surface area contributed by atoms with Gasteiger partial charge in [-0.2, -0.15) is 0 Å². The Balaban J connectivity index is 1.56. The third-order valence-electron chi connectivity index (χ3n) is 6.52. The number of hydrogen-bond acceptors (Lipinski definition) is 6. The van der Waals surface area contributed by atoms with Gasteiger partial charge in [-0.05, 0) is 75.4 Å². The summed E-state index contributed by atoms with van der Waals surface area (Å²) in [7, 11) is 0. The van der Waals surface area contributed by atoms with Crippen molar-refractivity contribution in [2.45, 2.75) is 53.0 Å². The lowest BCUT2D eigenvalue weighted by atomic mass is 9.98. The van der Waals surface area contributed by atoms with E-state index in [1.54, 1.807) is 24.3 Å². The Morgan fingerprint density at radius 2 is 1.60 bits per heavy atom. The molecule has 1 atom stereocenters. The maximum atomic E-state index is 12.8. The second-order valence-electron chi connectivity index (χ2n) is 8.80. The molecule has 2 heterocycles. The van der Waals surface area contributed by atoms with Gasteiger partial charge in [-0.1, -0.05) is 23.7 Å². The number of carbonyl (C=O) groups is 2. The number of aryl methyl sites for hydroxylation is 4. The van der Waals surface area contributed by atoms with Crippen LogP contribution < -0.4 is 16.0 Å². The Bertz CT molecular complexity index is 1510. The maximum absolute atomic E-state index is 12.8. The van der Waals surface area contributed by atoms with E-state index in [1.807, 2.05) is 33.8 Å². The van der Waals surface area contributed by atoms with Crippen molar-refractivity contribution >= 4 is 45.4 Å². The van der Waals surface area contributed by atoms with Crippen molar-refractivity contribution in [1.29, 1.82) is 0 Å². The molecule has 0 aliphatic rings. The molecule has 0 spiro atoms. The standard InChI is InChI=1S/C27H26ClNO6/c1-13-16(4)34-24-15(3)25-21(12-20(13)24)14(2)19(27(33)35-25)9-10-23(30)29-22(26(31)32)11-17-5-7-18(28)8-6-17/h5-8,12,22H,9-11H2,1-4H3,(H,29,30)(H,31,32)/p-1/t22-/m0/s1. The van der Waals surface area contributed by atoms with E-state index in [1.165, 1.54) is 0 Å². The van der Waals surface area contributed by atoms with E-state index in [0.29, 0.717) is 27.3 Å². The highest BCUT2D eigenvalue weighted by Gasteiger charge is 2.20. The van der Waals surface area contributed by atoms with Crippen molar-refractivity contribution in [3.05, 3.63) is 79.4 Å². The SMILES string of the molecule is Cc1oc2c(C)c3oc(=O)c(CCC(=O)N[C@@H](Cc4ccc(Cl)cc4)C(=O)[O-])c(C)c3cc2c1C. The molecule has 1 amide bonds. The molecule has 0 bridgehead atoms. The van der Waals surface area contributed by atoms with Gasteiger partial charge in [-0.25, -0.2) is 4.79 Å². The molecule has 2 aromatic heterocycles. The summed E-state index contributed by atoms with van der Waals surface area (Å²) < 4.78 is 11.5.